The first-order valence-electron chi connectivity index (χ1n) is 7.63. The number of nitrogens with two attached hydrogens (primary N) is 1. The molecular weight excluding hydrogens is 301 g/mol. The van der Waals surface area contributed by atoms with Crippen LogP contribution < -0.4 is 5.73 Å². The molecule has 2 N–H and O–H groups in total. The molecule has 1 aromatic carbocycles. The molecule has 0 aliphatic carbocycles. The number of hydrogen-bond donors (Lipinski definition) is 1. The fraction of sp³-hybridized carbons (Fsp3) is 0.588. The van der Waals surface area contributed by atoms with E-state index in [1.54, 1.807) is 0 Å². The summed E-state index contributed by atoms with van der Waals surface area (Å²) in [4.78, 5) is 8.81. The number of nitrogen functional groups attached to an aromatic ring is 1. The van der Waals surface area contributed by atoms with Crippen molar-refractivity contribution in [1.29, 1.82) is 0 Å². The van der Waals surface area contributed by atoms with E-state index in [2.05, 4.69) is 26.8 Å². The summed E-state index contributed by atoms with van der Waals surface area (Å²) in [7, 11) is 1.22. The quantitative estimate of drug-likeness (QED) is 0.336. The molecule has 0 spiro atoms. The number of carbonyl (C=O) groups is 1. The van der Waals surface area contributed by atoms with Gasteiger partial charge in [0.2, 0.25) is 0 Å². The summed E-state index contributed by atoms with van der Waals surface area (Å²) in [6, 6.07) is 3.96. The summed E-state index contributed by atoms with van der Waals surface area (Å²) in [6.07, 6.45) is 7.35. The maximum atomic E-state index is 8.81. The highest BCUT2D eigenvalue weighted by Gasteiger charge is 2.01. The molecule has 0 radical (unpaired) electrons. The van der Waals surface area contributed by atoms with Crippen LogP contribution in [0.15, 0.2) is 12.1 Å². The van der Waals surface area contributed by atoms with Crippen molar-refractivity contribution in [2.75, 3.05) is 18.1 Å². The van der Waals surface area contributed by atoms with Crippen LogP contribution in [0.5, 0.6) is 0 Å². The van der Waals surface area contributed by atoms with Crippen LogP contribution in [0.25, 0.3) is 0 Å². The van der Waals surface area contributed by atoms with Crippen LogP contribution >= 0.6 is 20.2 Å². The molecule has 0 saturated heterocycles. The summed E-state index contributed by atoms with van der Waals surface area (Å²) in [5.41, 5.74) is 8.75. The van der Waals surface area contributed by atoms with Gasteiger partial charge in [0.05, 0.1) is 10.7 Å². The molecule has 122 valence electrons. The summed E-state index contributed by atoms with van der Waals surface area (Å²) in [5.74, 6) is 0. The van der Waals surface area contributed by atoms with Gasteiger partial charge in [-0.05, 0) is 56.2 Å². The molecule has 0 saturated carbocycles. The molecule has 1 rings (SSSR count). The molecule has 0 bridgehead atoms. The Morgan fingerprint density at radius 2 is 1.86 bits per heavy atom. The Morgan fingerprint density at radius 1 is 1.29 bits per heavy atom. The molecular formula is C17H31ClNOP. The largest absolute Gasteiger partial charge is 0.397 e. The highest BCUT2D eigenvalue weighted by atomic mass is 35.5. The standard InChI is InChI=1S/C9H12ClN.C6H15P.C2H4O/c1-3-7-4-6(2)5-8(10)9(7)11;1-3-5-6-7-4-2;1-2-3/h4-5H,3,11H2,1-2H3;7H,3-6H2,1-2H3;2H,1H3. The van der Waals surface area contributed by atoms with Crippen LogP contribution in [0.3, 0.4) is 0 Å². The van der Waals surface area contributed by atoms with Crippen LogP contribution in [-0.2, 0) is 11.2 Å². The number of aldehydes is 1. The van der Waals surface area contributed by atoms with E-state index in [1.165, 1.54) is 46.2 Å². The zero-order valence-electron chi connectivity index (χ0n) is 14.1. The molecule has 0 aliphatic heterocycles. The van der Waals surface area contributed by atoms with E-state index in [1.807, 2.05) is 13.0 Å². The van der Waals surface area contributed by atoms with E-state index in [0.29, 0.717) is 5.02 Å². The van der Waals surface area contributed by atoms with Gasteiger partial charge < -0.3 is 10.5 Å². The summed E-state index contributed by atoms with van der Waals surface area (Å²) >= 11 is 5.87. The van der Waals surface area contributed by atoms with Crippen molar-refractivity contribution in [1.82, 2.24) is 0 Å². The maximum absolute atomic E-state index is 8.81. The van der Waals surface area contributed by atoms with E-state index >= 15 is 0 Å². The van der Waals surface area contributed by atoms with Gasteiger partial charge in [0.25, 0.3) is 0 Å². The molecule has 0 amide bonds. The first-order valence-corrected chi connectivity index (χ1v) is 9.42. The molecule has 21 heavy (non-hydrogen) atoms. The smallest absolute Gasteiger partial charge is 0.116 e. The fourth-order valence-electron chi connectivity index (χ4n) is 1.60. The van der Waals surface area contributed by atoms with Gasteiger partial charge in [-0.1, -0.05) is 44.9 Å². The lowest BCUT2D eigenvalue weighted by molar-refractivity contribution is -0.106. The van der Waals surface area contributed by atoms with Gasteiger partial charge in [-0.2, -0.15) is 0 Å². The number of halogens is 1. The second-order valence-electron chi connectivity index (χ2n) is 4.62. The second kappa shape index (κ2) is 15.8. The number of carbonyl (C=O) groups excluding carboxylic acids is 1. The predicted octanol–water partition coefficient (Wildman–Crippen LogP) is 5.48. The molecule has 1 unspecified atom stereocenters. The highest BCUT2D eigenvalue weighted by molar-refractivity contribution is 7.37. The lowest BCUT2D eigenvalue weighted by atomic mass is 10.1. The van der Waals surface area contributed by atoms with Crippen molar-refractivity contribution in [3.63, 3.8) is 0 Å². The van der Waals surface area contributed by atoms with Gasteiger partial charge in [-0.25, -0.2) is 0 Å². The Morgan fingerprint density at radius 3 is 2.29 bits per heavy atom. The molecule has 1 aromatic rings. The van der Waals surface area contributed by atoms with Crippen molar-refractivity contribution in [2.45, 2.75) is 53.9 Å². The average molecular weight is 332 g/mol. The Hall–Kier alpha value is -0.590. The van der Waals surface area contributed by atoms with E-state index in [0.717, 1.165) is 24.0 Å². The second-order valence-corrected chi connectivity index (χ2v) is 6.73. The molecule has 0 aromatic heterocycles. The highest BCUT2D eigenvalue weighted by Crippen LogP contribution is 2.24. The Balaban J connectivity index is 0. The lowest BCUT2D eigenvalue weighted by Crippen LogP contribution is -1.94. The van der Waals surface area contributed by atoms with Gasteiger partial charge in [0.1, 0.15) is 6.29 Å². The van der Waals surface area contributed by atoms with Gasteiger partial charge in [-0.15, -0.1) is 8.58 Å². The van der Waals surface area contributed by atoms with E-state index in [4.69, 9.17) is 22.1 Å². The van der Waals surface area contributed by atoms with Crippen molar-refractivity contribution in [2.24, 2.45) is 0 Å². The monoisotopic (exact) mass is 331 g/mol. The van der Waals surface area contributed by atoms with Gasteiger partial charge in [0.15, 0.2) is 0 Å². The van der Waals surface area contributed by atoms with Crippen LogP contribution in [0, 0.1) is 6.92 Å². The number of benzene rings is 1. The number of hydrogen-bond acceptors (Lipinski definition) is 2. The zero-order valence-corrected chi connectivity index (χ0v) is 15.9. The Kier molecular flexibility index (Phi) is 17.1. The van der Waals surface area contributed by atoms with Crippen LogP contribution in [0.2, 0.25) is 5.02 Å². The maximum Gasteiger partial charge on any atom is 0.116 e. The van der Waals surface area contributed by atoms with Crippen molar-refractivity contribution in [3.8, 4) is 0 Å². The minimum Gasteiger partial charge on any atom is -0.397 e. The third-order valence-electron chi connectivity index (χ3n) is 2.70. The SMILES string of the molecule is CC=O.CCCCPCC.CCc1cc(C)cc(Cl)c1N. The number of unbranched alkanes of at least 4 members (excludes halogenated alkanes) is 1. The normalized spacial score (nSPS) is 9.62. The van der Waals surface area contributed by atoms with Crippen molar-refractivity contribution >= 4 is 32.2 Å². The third kappa shape index (κ3) is 12.8. The Bertz CT molecular complexity index is 379. The Labute approximate surface area is 137 Å². The number of aryl methyl sites for hydroxylation is 2. The van der Waals surface area contributed by atoms with Crippen LogP contribution in [-0.4, -0.2) is 18.6 Å². The fourth-order valence-corrected chi connectivity index (χ4v) is 2.85. The van der Waals surface area contributed by atoms with E-state index in [-0.39, 0.29) is 0 Å². The predicted molar refractivity (Wildman–Crippen MR) is 100 cm³/mol. The summed E-state index contributed by atoms with van der Waals surface area (Å²) in [5, 5.41) is 0.668. The van der Waals surface area contributed by atoms with Gasteiger partial charge in [-0.3, -0.25) is 0 Å². The van der Waals surface area contributed by atoms with Gasteiger partial charge in [0, 0.05) is 0 Å². The first kappa shape index (κ1) is 22.7. The van der Waals surface area contributed by atoms with Crippen LogP contribution in [0.4, 0.5) is 5.69 Å². The zero-order chi connectivity index (χ0) is 16.7. The minimum atomic E-state index is 0.668. The molecule has 0 aliphatic rings. The number of rotatable bonds is 5. The minimum absolute atomic E-state index is 0.668. The summed E-state index contributed by atoms with van der Waals surface area (Å²) in [6.45, 7) is 10.0. The molecule has 0 fully saturated rings. The average Bonchev–Trinajstić information content (AvgIpc) is 2.45. The molecule has 0 heterocycles. The van der Waals surface area contributed by atoms with E-state index in [9.17, 15) is 0 Å². The third-order valence-corrected chi connectivity index (χ3v) is 4.22. The van der Waals surface area contributed by atoms with Gasteiger partial charge >= 0.3 is 0 Å². The molecule has 1 atom stereocenters. The molecule has 4 heteroatoms. The van der Waals surface area contributed by atoms with Crippen molar-refractivity contribution < 1.29 is 4.79 Å². The molecule has 2 nitrogen and oxygen atoms in total. The van der Waals surface area contributed by atoms with E-state index < -0.39 is 0 Å². The lowest BCUT2D eigenvalue weighted by Gasteiger charge is -2.05. The summed E-state index contributed by atoms with van der Waals surface area (Å²) < 4.78 is 0. The topological polar surface area (TPSA) is 43.1 Å². The van der Waals surface area contributed by atoms with Crippen molar-refractivity contribution in [3.05, 3.63) is 28.3 Å². The first-order chi connectivity index (χ1) is 9.98. The number of anilines is 1. The van der Waals surface area contributed by atoms with Crippen LogP contribution in [0.1, 0.15) is 51.7 Å².